The molecule has 1 aromatic rings. The lowest BCUT2D eigenvalue weighted by Gasteiger charge is -2.26. The van der Waals surface area contributed by atoms with E-state index in [2.05, 4.69) is 42.0 Å². The molecule has 102 valence electrons. The van der Waals surface area contributed by atoms with Crippen LogP contribution in [0.1, 0.15) is 46.5 Å². The normalized spacial score (nSPS) is 11.6. The van der Waals surface area contributed by atoms with Gasteiger partial charge in [0.15, 0.2) is 0 Å². The average Bonchev–Trinajstić information content (AvgIpc) is 2.28. The third-order valence-corrected chi connectivity index (χ3v) is 3.72. The van der Waals surface area contributed by atoms with Crippen LogP contribution in [-0.2, 0) is 0 Å². The van der Waals surface area contributed by atoms with E-state index in [1.54, 1.807) is 0 Å². The molecule has 1 aromatic carbocycles. The van der Waals surface area contributed by atoms with Crippen molar-refractivity contribution in [2.24, 2.45) is 5.41 Å². The molecule has 0 aromatic heterocycles. The standard InChI is InChI=1S/C15H25BrN2/c1-4-5-6-9-15(2,3)11-18-14-8-7-12(16)10-13(14)17/h7-8,10,18H,4-6,9,11,17H2,1-3H3. The number of nitrogens with one attached hydrogen (secondary N) is 1. The van der Waals surface area contributed by atoms with Crippen molar-refractivity contribution < 1.29 is 0 Å². The predicted molar refractivity (Wildman–Crippen MR) is 85.0 cm³/mol. The van der Waals surface area contributed by atoms with Gasteiger partial charge in [-0.05, 0) is 30.0 Å². The highest BCUT2D eigenvalue weighted by Gasteiger charge is 2.17. The largest absolute Gasteiger partial charge is 0.397 e. The molecule has 0 heterocycles. The number of unbranched alkanes of at least 4 members (excludes halogenated alkanes) is 2. The highest BCUT2D eigenvalue weighted by Crippen LogP contribution is 2.27. The first-order valence-corrected chi connectivity index (χ1v) is 7.53. The van der Waals surface area contributed by atoms with Crippen LogP contribution >= 0.6 is 15.9 Å². The molecule has 0 amide bonds. The molecule has 0 aliphatic rings. The first-order chi connectivity index (χ1) is 8.44. The molecule has 0 aliphatic carbocycles. The average molecular weight is 313 g/mol. The highest BCUT2D eigenvalue weighted by atomic mass is 79.9. The second-order valence-corrected chi connectivity index (χ2v) is 6.62. The molecule has 0 saturated carbocycles. The lowest BCUT2D eigenvalue weighted by molar-refractivity contribution is 0.342. The van der Waals surface area contributed by atoms with E-state index in [0.717, 1.165) is 22.4 Å². The molecule has 0 radical (unpaired) electrons. The number of anilines is 2. The SMILES string of the molecule is CCCCCC(C)(C)CNc1ccc(Br)cc1N. The maximum absolute atomic E-state index is 5.98. The molecule has 0 aliphatic heterocycles. The summed E-state index contributed by atoms with van der Waals surface area (Å²) in [7, 11) is 0. The highest BCUT2D eigenvalue weighted by molar-refractivity contribution is 9.10. The first-order valence-electron chi connectivity index (χ1n) is 6.73. The predicted octanol–water partition coefficient (Wildman–Crippen LogP) is 5.05. The van der Waals surface area contributed by atoms with E-state index in [1.165, 1.54) is 25.7 Å². The molecule has 0 atom stereocenters. The fourth-order valence-corrected chi connectivity index (χ4v) is 2.35. The second kappa shape index (κ2) is 7.03. The molecule has 0 spiro atoms. The van der Waals surface area contributed by atoms with Gasteiger partial charge in [0.25, 0.3) is 0 Å². The van der Waals surface area contributed by atoms with Crippen LogP contribution in [0.5, 0.6) is 0 Å². The summed E-state index contributed by atoms with van der Waals surface area (Å²) in [4.78, 5) is 0. The van der Waals surface area contributed by atoms with Gasteiger partial charge in [0.2, 0.25) is 0 Å². The first kappa shape index (κ1) is 15.4. The zero-order valence-electron chi connectivity index (χ0n) is 11.7. The van der Waals surface area contributed by atoms with Gasteiger partial charge in [-0.3, -0.25) is 0 Å². The lowest BCUT2D eigenvalue weighted by Crippen LogP contribution is -2.23. The van der Waals surface area contributed by atoms with Crippen LogP contribution in [0.15, 0.2) is 22.7 Å². The van der Waals surface area contributed by atoms with Crippen LogP contribution in [0.4, 0.5) is 11.4 Å². The Morgan fingerprint density at radius 1 is 1.28 bits per heavy atom. The van der Waals surface area contributed by atoms with Gasteiger partial charge < -0.3 is 11.1 Å². The van der Waals surface area contributed by atoms with Crippen LogP contribution in [0.25, 0.3) is 0 Å². The van der Waals surface area contributed by atoms with Gasteiger partial charge in [-0.2, -0.15) is 0 Å². The van der Waals surface area contributed by atoms with Crippen molar-refractivity contribution in [3.8, 4) is 0 Å². The van der Waals surface area contributed by atoms with Gasteiger partial charge in [0.1, 0.15) is 0 Å². The Hall–Kier alpha value is -0.700. The molecule has 0 fully saturated rings. The Morgan fingerprint density at radius 2 is 2.00 bits per heavy atom. The van der Waals surface area contributed by atoms with E-state index in [9.17, 15) is 0 Å². The van der Waals surface area contributed by atoms with Gasteiger partial charge in [-0.15, -0.1) is 0 Å². The minimum atomic E-state index is 0.314. The van der Waals surface area contributed by atoms with Gasteiger partial charge in [-0.25, -0.2) is 0 Å². The number of hydrogen-bond donors (Lipinski definition) is 2. The van der Waals surface area contributed by atoms with Crippen molar-refractivity contribution in [3.05, 3.63) is 22.7 Å². The second-order valence-electron chi connectivity index (χ2n) is 5.71. The summed E-state index contributed by atoms with van der Waals surface area (Å²) >= 11 is 3.42. The summed E-state index contributed by atoms with van der Waals surface area (Å²) in [5.41, 5.74) is 8.12. The minimum absolute atomic E-state index is 0.314. The summed E-state index contributed by atoms with van der Waals surface area (Å²) in [6.07, 6.45) is 5.16. The number of hydrogen-bond acceptors (Lipinski definition) is 2. The van der Waals surface area contributed by atoms with E-state index < -0.39 is 0 Å². The van der Waals surface area contributed by atoms with E-state index >= 15 is 0 Å². The van der Waals surface area contributed by atoms with Gasteiger partial charge in [0.05, 0.1) is 11.4 Å². The molecule has 0 unspecified atom stereocenters. The van der Waals surface area contributed by atoms with Gasteiger partial charge in [-0.1, -0.05) is 56.0 Å². The molecule has 3 heteroatoms. The number of nitrogen functional groups attached to an aromatic ring is 1. The van der Waals surface area contributed by atoms with Crippen LogP contribution in [0.2, 0.25) is 0 Å². The Kier molecular flexibility index (Phi) is 6.00. The minimum Gasteiger partial charge on any atom is -0.397 e. The molecule has 3 N–H and O–H groups in total. The van der Waals surface area contributed by atoms with Crippen LogP contribution in [-0.4, -0.2) is 6.54 Å². The zero-order valence-corrected chi connectivity index (χ0v) is 13.3. The van der Waals surface area contributed by atoms with E-state index in [4.69, 9.17) is 5.73 Å². The Morgan fingerprint density at radius 3 is 2.61 bits per heavy atom. The van der Waals surface area contributed by atoms with E-state index in [0.29, 0.717) is 5.41 Å². The maximum Gasteiger partial charge on any atom is 0.0574 e. The molecule has 1 rings (SSSR count). The fraction of sp³-hybridized carbons (Fsp3) is 0.600. The van der Waals surface area contributed by atoms with Crippen molar-refractivity contribution in [1.29, 1.82) is 0 Å². The summed E-state index contributed by atoms with van der Waals surface area (Å²) in [6.45, 7) is 7.83. The summed E-state index contributed by atoms with van der Waals surface area (Å²) in [5.74, 6) is 0. The van der Waals surface area contributed by atoms with E-state index in [-0.39, 0.29) is 0 Å². The molecule has 0 bridgehead atoms. The molecule has 18 heavy (non-hydrogen) atoms. The van der Waals surface area contributed by atoms with Gasteiger partial charge >= 0.3 is 0 Å². The third kappa shape index (κ3) is 5.30. The third-order valence-electron chi connectivity index (χ3n) is 3.23. The smallest absolute Gasteiger partial charge is 0.0574 e. The number of rotatable bonds is 7. The van der Waals surface area contributed by atoms with Crippen LogP contribution < -0.4 is 11.1 Å². The van der Waals surface area contributed by atoms with Crippen molar-refractivity contribution in [2.75, 3.05) is 17.6 Å². The molecular weight excluding hydrogens is 288 g/mol. The van der Waals surface area contributed by atoms with Gasteiger partial charge in [0, 0.05) is 11.0 Å². The van der Waals surface area contributed by atoms with Crippen LogP contribution in [0, 0.1) is 5.41 Å². The molecular formula is C15H25BrN2. The number of benzene rings is 1. The topological polar surface area (TPSA) is 38.0 Å². The quantitative estimate of drug-likeness (QED) is 0.546. The Bertz CT molecular complexity index is 375. The summed E-state index contributed by atoms with van der Waals surface area (Å²) < 4.78 is 1.02. The molecule has 0 saturated heterocycles. The zero-order chi connectivity index (χ0) is 13.6. The summed E-state index contributed by atoms with van der Waals surface area (Å²) in [6, 6.07) is 5.98. The number of nitrogens with two attached hydrogens (primary N) is 1. The Balaban J connectivity index is 2.48. The molecule has 2 nitrogen and oxygen atoms in total. The maximum atomic E-state index is 5.98. The summed E-state index contributed by atoms with van der Waals surface area (Å²) in [5, 5.41) is 3.46. The van der Waals surface area contributed by atoms with Crippen LogP contribution in [0.3, 0.4) is 0 Å². The van der Waals surface area contributed by atoms with E-state index in [1.807, 2.05) is 18.2 Å². The Labute approximate surface area is 119 Å². The monoisotopic (exact) mass is 312 g/mol. The number of halogens is 1. The van der Waals surface area contributed by atoms with Crippen molar-refractivity contribution >= 4 is 27.3 Å². The lowest BCUT2D eigenvalue weighted by atomic mass is 9.87. The van der Waals surface area contributed by atoms with Crippen molar-refractivity contribution in [1.82, 2.24) is 0 Å². The fourth-order valence-electron chi connectivity index (χ4n) is 1.97. The van der Waals surface area contributed by atoms with Crippen molar-refractivity contribution in [3.63, 3.8) is 0 Å². The van der Waals surface area contributed by atoms with Crippen molar-refractivity contribution in [2.45, 2.75) is 46.5 Å².